The van der Waals surface area contributed by atoms with Gasteiger partial charge in [0.05, 0.1) is 12.3 Å². The molecule has 1 aromatic heterocycles. The number of esters is 1. The van der Waals surface area contributed by atoms with Gasteiger partial charge in [-0.3, -0.25) is 4.79 Å². The normalized spacial score (nSPS) is 25.1. The number of fused-ring (bicyclic) bond motifs is 1. The molecule has 0 bridgehead atoms. The van der Waals surface area contributed by atoms with Crippen LogP contribution in [0.2, 0.25) is 0 Å². The van der Waals surface area contributed by atoms with Crippen LogP contribution < -0.4 is 0 Å². The van der Waals surface area contributed by atoms with Gasteiger partial charge in [0.15, 0.2) is 6.29 Å². The van der Waals surface area contributed by atoms with E-state index < -0.39 is 61.4 Å². The van der Waals surface area contributed by atoms with Gasteiger partial charge in [0.2, 0.25) is 11.8 Å². The lowest BCUT2D eigenvalue weighted by atomic mass is 9.86. The smallest absolute Gasteiger partial charge is 0.342 e. The van der Waals surface area contributed by atoms with Crippen LogP contribution >= 0.6 is 0 Å². The number of likely N-dealkylation sites (N-methyl/N-ethyl adjacent to an activating group) is 1. The van der Waals surface area contributed by atoms with E-state index in [0.717, 1.165) is 18.4 Å². The third-order valence-corrected chi connectivity index (χ3v) is 9.12. The molecule has 3 heterocycles. The van der Waals surface area contributed by atoms with Crippen molar-refractivity contribution in [2.24, 2.45) is 5.92 Å². The number of nitrogens with zero attached hydrogens (tertiary/aromatic N) is 2. The predicted octanol–water partition coefficient (Wildman–Crippen LogP) is 4.24. The zero-order valence-electron chi connectivity index (χ0n) is 30.9. The molecule has 8 atom stereocenters. The van der Waals surface area contributed by atoms with Crippen molar-refractivity contribution in [1.29, 1.82) is 0 Å². The topological polar surface area (TPSA) is 192 Å². The Morgan fingerprint density at radius 3 is 2.51 bits per heavy atom. The summed E-state index contributed by atoms with van der Waals surface area (Å²) in [6.07, 6.45) is 7.83. The molecule has 0 spiro atoms. The van der Waals surface area contributed by atoms with Crippen molar-refractivity contribution >= 4 is 17.4 Å². The van der Waals surface area contributed by atoms with Gasteiger partial charge in [-0.05, 0) is 52.0 Å². The third-order valence-electron chi connectivity index (χ3n) is 9.12. The van der Waals surface area contributed by atoms with Crippen molar-refractivity contribution in [2.45, 2.75) is 96.3 Å². The molecule has 0 radical (unpaired) electrons. The number of cyclic esters (lactones) is 1. The third kappa shape index (κ3) is 10.6. The Morgan fingerprint density at radius 2 is 1.79 bits per heavy atom. The summed E-state index contributed by atoms with van der Waals surface area (Å²) >= 11 is 0. The van der Waals surface area contributed by atoms with E-state index in [4.69, 9.17) is 18.6 Å². The van der Waals surface area contributed by atoms with Crippen LogP contribution in [0, 0.1) is 12.8 Å². The van der Waals surface area contributed by atoms with Gasteiger partial charge in [0.25, 0.3) is 0 Å². The number of allylic oxidation sites excluding steroid dienone is 7. The summed E-state index contributed by atoms with van der Waals surface area (Å²) in [5, 5.41) is 51.7. The SMILES string of the molecule is C=C(C/C=C/C=C/CC/C=C/CN(C)C(=O)C=C(C)C)c1nc(C[C@@H](C)[C@H]2OC(=O)c3c(ccc(C)c3O)[C@@H]2O[C@@H]2O[C@H](CO)[C@@H](O)[C@H](O)[C@H]2O)co1. The maximum absolute atomic E-state index is 13.2. The van der Waals surface area contributed by atoms with E-state index in [-0.39, 0.29) is 23.6 Å². The zero-order valence-corrected chi connectivity index (χ0v) is 30.9. The maximum Gasteiger partial charge on any atom is 0.342 e. The van der Waals surface area contributed by atoms with E-state index in [0.29, 0.717) is 41.3 Å². The second-order valence-electron chi connectivity index (χ2n) is 13.8. The van der Waals surface area contributed by atoms with Gasteiger partial charge < -0.3 is 49.1 Å². The maximum atomic E-state index is 13.2. The van der Waals surface area contributed by atoms with Crippen LogP contribution in [0.3, 0.4) is 0 Å². The fraction of sp³-hybridized carbons (Fsp3) is 0.475. The van der Waals surface area contributed by atoms with Crippen molar-refractivity contribution in [2.75, 3.05) is 20.2 Å². The van der Waals surface area contributed by atoms with Gasteiger partial charge in [0, 0.05) is 36.7 Å². The molecular weight excluding hydrogens is 684 g/mol. The standard InChI is InChI=1S/C40H52N2O11/c1-23(2)19-30(44)42(6)18-14-12-10-8-7-9-11-13-15-25(4)38-41-27(22-50-38)20-26(5)36-37(28-17-16-24(3)32(45)31(28)39(49)52-36)53-40-35(48)34(47)33(46)29(21-43)51-40/h7,9,11-14,16-17,19,22,26,29,33-37,40,43,45-48H,4,8,10,15,18,20-21H2,1-3,5-6H3/b9-7+,13-11+,14-12+/t26-,29-,33-,34+,35-,36-,37+,40+/m1/s1. The van der Waals surface area contributed by atoms with Crippen molar-refractivity contribution in [3.05, 3.63) is 101 Å². The highest BCUT2D eigenvalue weighted by molar-refractivity contribution is 5.96. The molecule has 4 rings (SSSR count). The molecule has 1 amide bonds. The van der Waals surface area contributed by atoms with Crippen LogP contribution in [0.5, 0.6) is 5.75 Å². The number of amides is 1. The Kier molecular flexibility index (Phi) is 14.9. The minimum absolute atomic E-state index is 0.0103. The second kappa shape index (κ2) is 19.1. The van der Waals surface area contributed by atoms with E-state index >= 15 is 0 Å². The molecule has 0 saturated carbocycles. The Morgan fingerprint density at radius 1 is 1.08 bits per heavy atom. The summed E-state index contributed by atoms with van der Waals surface area (Å²) < 4.78 is 23.3. The number of carbonyl (C=O) groups excluding carboxylic acids is 2. The van der Waals surface area contributed by atoms with Crippen LogP contribution in [0.15, 0.2) is 77.5 Å². The van der Waals surface area contributed by atoms with Crippen LogP contribution in [-0.4, -0.2) is 104 Å². The fourth-order valence-electron chi connectivity index (χ4n) is 6.02. The number of aliphatic hydroxyl groups is 4. The van der Waals surface area contributed by atoms with Gasteiger partial charge >= 0.3 is 5.97 Å². The summed E-state index contributed by atoms with van der Waals surface area (Å²) in [5.74, 6) is -1.12. The summed E-state index contributed by atoms with van der Waals surface area (Å²) in [6, 6.07) is 3.24. The molecule has 1 saturated heterocycles. The van der Waals surface area contributed by atoms with Crippen LogP contribution in [0.4, 0.5) is 0 Å². The van der Waals surface area contributed by atoms with Crippen molar-refractivity contribution in [3.63, 3.8) is 0 Å². The molecule has 13 nitrogen and oxygen atoms in total. The van der Waals surface area contributed by atoms with Gasteiger partial charge in [-0.1, -0.05) is 67.7 Å². The Balaban J connectivity index is 1.35. The van der Waals surface area contributed by atoms with Crippen molar-refractivity contribution in [3.8, 4) is 5.75 Å². The molecule has 1 aromatic carbocycles. The van der Waals surface area contributed by atoms with Gasteiger partial charge in [0.1, 0.15) is 54.2 Å². The van der Waals surface area contributed by atoms with Gasteiger partial charge in [-0.25, -0.2) is 9.78 Å². The lowest BCUT2D eigenvalue weighted by molar-refractivity contribution is -0.320. The molecular formula is C40H52N2O11. The number of aromatic nitrogens is 1. The van der Waals surface area contributed by atoms with E-state index in [2.05, 4.69) is 23.7 Å². The summed E-state index contributed by atoms with van der Waals surface area (Å²) in [4.78, 5) is 31.4. The van der Waals surface area contributed by atoms with Gasteiger partial charge in [-0.15, -0.1) is 0 Å². The number of aryl methyl sites for hydroxylation is 1. The lowest BCUT2D eigenvalue weighted by Crippen LogP contribution is -2.59. The Bertz CT molecular complexity index is 1700. The number of aromatic hydroxyl groups is 1. The molecule has 2 aromatic rings. The average Bonchev–Trinajstić information content (AvgIpc) is 3.59. The predicted molar refractivity (Wildman–Crippen MR) is 196 cm³/mol. The number of carbonyl (C=O) groups is 2. The number of oxazole rings is 1. The number of hydrogen-bond acceptors (Lipinski definition) is 12. The number of phenols is 1. The first-order chi connectivity index (χ1) is 25.2. The van der Waals surface area contributed by atoms with Crippen LogP contribution in [0.25, 0.3) is 5.57 Å². The number of benzene rings is 1. The molecule has 2 aliphatic heterocycles. The number of aliphatic hydroxyl groups excluding tert-OH is 4. The van der Waals surface area contributed by atoms with Crippen LogP contribution in [0.1, 0.15) is 79.2 Å². The molecule has 0 unspecified atom stereocenters. The van der Waals surface area contributed by atoms with Crippen molar-refractivity contribution in [1.82, 2.24) is 9.88 Å². The van der Waals surface area contributed by atoms with E-state index in [9.17, 15) is 35.1 Å². The second-order valence-corrected chi connectivity index (χ2v) is 13.8. The highest BCUT2D eigenvalue weighted by atomic mass is 16.7. The number of unbranched alkanes of at least 4 members (excludes halogenated alkanes) is 1. The minimum Gasteiger partial charge on any atom is -0.507 e. The summed E-state index contributed by atoms with van der Waals surface area (Å²) in [6.45, 7) is 11.3. The molecule has 5 N–H and O–H groups in total. The Hall–Kier alpha value is -4.37. The monoisotopic (exact) mass is 736 g/mol. The number of hydrogen-bond donors (Lipinski definition) is 5. The number of rotatable bonds is 16. The fourth-order valence-corrected chi connectivity index (χ4v) is 6.02. The van der Waals surface area contributed by atoms with Crippen LogP contribution in [-0.2, 0) is 25.4 Å². The largest absolute Gasteiger partial charge is 0.507 e. The summed E-state index contributed by atoms with van der Waals surface area (Å²) in [5.41, 5.74) is 2.85. The highest BCUT2D eigenvalue weighted by Gasteiger charge is 2.48. The molecule has 53 heavy (non-hydrogen) atoms. The molecule has 2 aliphatic rings. The quantitative estimate of drug-likeness (QED) is 0.0542. The Labute approximate surface area is 310 Å². The van der Waals surface area contributed by atoms with Gasteiger partial charge in [-0.2, -0.15) is 0 Å². The lowest BCUT2D eigenvalue weighted by Gasteiger charge is -2.43. The number of phenolic OH excluding ortho intramolecular Hbond substituents is 1. The summed E-state index contributed by atoms with van der Waals surface area (Å²) in [7, 11) is 1.77. The van der Waals surface area contributed by atoms with Crippen molar-refractivity contribution < 1.29 is 53.7 Å². The first-order valence-corrected chi connectivity index (χ1v) is 17.7. The molecule has 13 heteroatoms. The zero-order chi connectivity index (χ0) is 38.8. The minimum atomic E-state index is -1.69. The first-order valence-electron chi connectivity index (χ1n) is 17.7. The molecule has 1 fully saturated rings. The highest BCUT2D eigenvalue weighted by Crippen LogP contribution is 2.43. The molecule has 288 valence electrons. The number of ether oxygens (including phenoxy) is 3. The average molecular weight is 737 g/mol. The molecule has 0 aliphatic carbocycles. The van der Waals surface area contributed by atoms with E-state index in [1.54, 1.807) is 37.1 Å². The van der Waals surface area contributed by atoms with E-state index in [1.807, 2.05) is 45.1 Å². The van der Waals surface area contributed by atoms with E-state index in [1.165, 1.54) is 6.26 Å². The first kappa shape index (κ1) is 41.4.